The van der Waals surface area contributed by atoms with E-state index in [1.54, 1.807) is 0 Å². The lowest BCUT2D eigenvalue weighted by Crippen LogP contribution is -2.41. The van der Waals surface area contributed by atoms with Crippen molar-refractivity contribution in [3.8, 4) is 11.7 Å². The Kier molecular flexibility index (Phi) is 5.24. The van der Waals surface area contributed by atoms with E-state index in [4.69, 9.17) is 18.8 Å². The smallest absolute Gasteiger partial charge is 0.392 e. The summed E-state index contributed by atoms with van der Waals surface area (Å²) in [6.45, 7) is 12.9. The Morgan fingerprint density at radius 3 is 1.83 bits per heavy atom. The third kappa shape index (κ3) is 3.73. The van der Waals surface area contributed by atoms with Gasteiger partial charge in [-0.2, -0.15) is 0 Å². The fourth-order valence-corrected chi connectivity index (χ4v) is 1.47. The van der Waals surface area contributed by atoms with Crippen molar-refractivity contribution < 1.29 is 18.8 Å². The van der Waals surface area contributed by atoms with Crippen molar-refractivity contribution in [2.75, 3.05) is 13.2 Å². The Morgan fingerprint density at radius 2 is 1.44 bits per heavy atom. The van der Waals surface area contributed by atoms with Crippen LogP contribution in [0.15, 0.2) is 0 Å². The molecule has 1 fully saturated rings. The zero-order valence-corrected chi connectivity index (χ0v) is 12.2. The molecule has 18 heavy (non-hydrogen) atoms. The largest absolute Gasteiger partial charge is 0.551 e. The average molecular weight is 254 g/mol. The molecule has 5 heteroatoms. The molecular weight excluding hydrogens is 231 g/mol. The second kappa shape index (κ2) is 6.07. The van der Waals surface area contributed by atoms with Crippen LogP contribution >= 0.6 is 0 Å². The maximum absolute atomic E-state index is 5.76. The van der Waals surface area contributed by atoms with Gasteiger partial charge in [-0.3, -0.25) is 0 Å². The molecule has 0 atom stereocenters. The summed E-state index contributed by atoms with van der Waals surface area (Å²) in [6.07, 6.45) is -0.515. The van der Waals surface area contributed by atoms with Crippen LogP contribution in [0.5, 0.6) is 0 Å². The average Bonchev–Trinajstić information content (AvgIpc) is 2.45. The molecule has 0 unspecified atom stereocenters. The van der Waals surface area contributed by atoms with E-state index in [1.165, 1.54) is 0 Å². The summed E-state index contributed by atoms with van der Waals surface area (Å²) >= 11 is 0. The molecule has 1 aliphatic rings. The summed E-state index contributed by atoms with van der Waals surface area (Å²) in [5.74, 6) is 5.81. The number of hydrogen-bond acceptors (Lipinski definition) is 4. The highest BCUT2D eigenvalue weighted by molar-refractivity contribution is 6.55. The molecule has 4 nitrogen and oxygen atoms in total. The second-order valence-electron chi connectivity index (χ2n) is 5.12. The first-order valence-corrected chi connectivity index (χ1v) is 6.42. The molecule has 0 bridgehead atoms. The van der Waals surface area contributed by atoms with Crippen molar-refractivity contribution in [2.24, 2.45) is 0 Å². The van der Waals surface area contributed by atoms with E-state index in [0.29, 0.717) is 13.2 Å². The van der Waals surface area contributed by atoms with Gasteiger partial charge >= 0.3 is 7.12 Å². The highest BCUT2D eigenvalue weighted by Gasteiger charge is 2.50. The van der Waals surface area contributed by atoms with Crippen LogP contribution in [0.4, 0.5) is 0 Å². The minimum Gasteiger partial charge on any atom is -0.392 e. The molecule has 0 radical (unpaired) electrons. The monoisotopic (exact) mass is 254 g/mol. The molecule has 0 aromatic heterocycles. The van der Waals surface area contributed by atoms with E-state index in [2.05, 4.69) is 11.7 Å². The van der Waals surface area contributed by atoms with Gasteiger partial charge in [0.1, 0.15) is 0 Å². The van der Waals surface area contributed by atoms with E-state index in [1.807, 2.05) is 41.5 Å². The van der Waals surface area contributed by atoms with Crippen molar-refractivity contribution in [3.05, 3.63) is 0 Å². The van der Waals surface area contributed by atoms with Crippen molar-refractivity contribution in [2.45, 2.75) is 59.0 Å². The van der Waals surface area contributed by atoms with Crippen LogP contribution in [0.3, 0.4) is 0 Å². The fraction of sp³-hybridized carbons (Fsp3) is 0.846. The van der Waals surface area contributed by atoms with Crippen molar-refractivity contribution >= 4 is 7.12 Å². The SMILES string of the molecule is CCOC(C#CB1OC(C)(C)C(C)(C)O1)OCC. The first-order valence-electron chi connectivity index (χ1n) is 6.42. The maximum atomic E-state index is 5.76. The van der Waals surface area contributed by atoms with Crippen LogP contribution in [-0.4, -0.2) is 37.8 Å². The van der Waals surface area contributed by atoms with Crippen LogP contribution in [0, 0.1) is 11.7 Å². The summed E-state index contributed by atoms with van der Waals surface area (Å²) in [7, 11) is -0.529. The first kappa shape index (κ1) is 15.5. The minimum absolute atomic E-state index is 0.362. The quantitative estimate of drug-likeness (QED) is 0.437. The van der Waals surface area contributed by atoms with Gasteiger partial charge in [-0.15, -0.1) is 0 Å². The molecule has 102 valence electrons. The molecular formula is C13H23BO4. The lowest BCUT2D eigenvalue weighted by atomic mass is 9.90. The number of hydrogen-bond donors (Lipinski definition) is 0. The van der Waals surface area contributed by atoms with Gasteiger partial charge in [0.05, 0.1) is 11.2 Å². The lowest BCUT2D eigenvalue weighted by Gasteiger charge is -2.32. The van der Waals surface area contributed by atoms with Gasteiger partial charge in [0.25, 0.3) is 0 Å². The van der Waals surface area contributed by atoms with Gasteiger partial charge in [0.2, 0.25) is 6.29 Å². The number of ether oxygens (including phenoxy) is 2. The minimum atomic E-state index is -0.529. The summed E-state index contributed by atoms with van der Waals surface area (Å²) < 4.78 is 22.2. The Bertz CT molecular complexity index is 308. The molecule has 0 amide bonds. The molecule has 0 aromatic carbocycles. The topological polar surface area (TPSA) is 36.9 Å². The van der Waals surface area contributed by atoms with E-state index in [9.17, 15) is 0 Å². The zero-order valence-electron chi connectivity index (χ0n) is 12.2. The Balaban J connectivity index is 2.64. The maximum Gasteiger partial charge on any atom is 0.551 e. The molecule has 0 aliphatic carbocycles. The van der Waals surface area contributed by atoms with Crippen LogP contribution in [0.2, 0.25) is 0 Å². The molecule has 1 aliphatic heterocycles. The van der Waals surface area contributed by atoms with Gasteiger partial charge in [0, 0.05) is 13.2 Å². The Hall–Kier alpha value is -0.535. The van der Waals surface area contributed by atoms with Crippen LogP contribution in [-0.2, 0) is 18.8 Å². The van der Waals surface area contributed by atoms with Crippen molar-refractivity contribution in [1.82, 2.24) is 0 Å². The van der Waals surface area contributed by atoms with Crippen molar-refractivity contribution in [3.63, 3.8) is 0 Å². The predicted molar refractivity (Wildman–Crippen MR) is 70.9 cm³/mol. The van der Waals surface area contributed by atoms with Crippen molar-refractivity contribution in [1.29, 1.82) is 0 Å². The molecule has 1 saturated heterocycles. The van der Waals surface area contributed by atoms with E-state index < -0.39 is 13.4 Å². The van der Waals surface area contributed by atoms with E-state index in [-0.39, 0.29) is 11.2 Å². The molecule has 0 saturated carbocycles. The summed E-state index contributed by atoms with van der Waals surface area (Å²) in [5.41, 5.74) is -0.724. The Labute approximate surface area is 110 Å². The third-order valence-electron chi connectivity index (χ3n) is 3.21. The standard InChI is InChI=1S/C13H23BO4/c1-7-15-11(16-8-2)9-10-14-17-12(3,4)13(5,6)18-14/h11H,7-8H2,1-6H3. The van der Waals surface area contributed by atoms with Crippen LogP contribution in [0.25, 0.3) is 0 Å². The van der Waals surface area contributed by atoms with E-state index in [0.717, 1.165) is 0 Å². The van der Waals surface area contributed by atoms with Gasteiger partial charge < -0.3 is 18.8 Å². The summed E-state index contributed by atoms with van der Waals surface area (Å²) in [5, 5.41) is 0. The van der Waals surface area contributed by atoms with Gasteiger partial charge in [0.15, 0.2) is 0 Å². The molecule has 0 N–H and O–H groups in total. The first-order chi connectivity index (χ1) is 8.32. The van der Waals surface area contributed by atoms with E-state index >= 15 is 0 Å². The number of rotatable bonds is 4. The third-order valence-corrected chi connectivity index (χ3v) is 3.21. The van der Waals surface area contributed by atoms with Gasteiger partial charge in [-0.1, -0.05) is 5.82 Å². The summed E-state index contributed by atoms with van der Waals surface area (Å²) in [6, 6.07) is 0. The normalized spacial score (nSPS) is 20.9. The van der Waals surface area contributed by atoms with Crippen LogP contribution < -0.4 is 0 Å². The van der Waals surface area contributed by atoms with Gasteiger partial charge in [-0.05, 0) is 47.5 Å². The van der Waals surface area contributed by atoms with Crippen LogP contribution in [0.1, 0.15) is 41.5 Å². The highest BCUT2D eigenvalue weighted by Crippen LogP contribution is 2.36. The Morgan fingerprint density at radius 1 is 1.00 bits per heavy atom. The van der Waals surface area contributed by atoms with Gasteiger partial charge in [-0.25, -0.2) is 0 Å². The molecule has 0 aromatic rings. The zero-order chi connectivity index (χ0) is 13.8. The molecule has 1 rings (SSSR count). The fourth-order valence-electron chi connectivity index (χ4n) is 1.47. The summed E-state index contributed by atoms with van der Waals surface area (Å²) in [4.78, 5) is 0. The second-order valence-corrected chi connectivity index (χ2v) is 5.12. The molecule has 1 heterocycles. The highest BCUT2D eigenvalue weighted by atomic mass is 16.7. The molecule has 0 spiro atoms. The lowest BCUT2D eigenvalue weighted by molar-refractivity contribution is -0.0969. The predicted octanol–water partition coefficient (Wildman–Crippen LogP) is 2.02.